The van der Waals surface area contributed by atoms with E-state index >= 15 is 0 Å². The van der Waals surface area contributed by atoms with Gasteiger partial charge in [-0.25, -0.2) is 13.4 Å². The number of piperidine rings is 1. The van der Waals surface area contributed by atoms with Crippen LogP contribution in [0.1, 0.15) is 31.4 Å². The second-order valence-corrected chi connectivity index (χ2v) is 10.4. The lowest BCUT2D eigenvalue weighted by Crippen LogP contribution is -2.42. The molecule has 2 aromatic rings. The molecule has 1 aromatic heterocycles. The minimum absolute atomic E-state index is 0.0694. The van der Waals surface area contributed by atoms with E-state index in [1.54, 1.807) is 6.07 Å². The number of aryl methyl sites for hydroxylation is 1. The fraction of sp³-hybridized carbons (Fsp3) is 0.455. The first kappa shape index (κ1) is 23.1. The molecule has 2 saturated heterocycles. The molecular formula is C22H27N5O5S. The number of sulfonamides is 1. The molecule has 1 amide bonds. The van der Waals surface area contributed by atoms with Crippen LogP contribution in [0.25, 0.3) is 0 Å². The highest BCUT2D eigenvalue weighted by Crippen LogP contribution is 2.35. The average molecular weight is 474 g/mol. The van der Waals surface area contributed by atoms with Gasteiger partial charge in [0.1, 0.15) is 10.7 Å². The van der Waals surface area contributed by atoms with Crippen molar-refractivity contribution in [3.8, 4) is 0 Å². The molecule has 0 saturated carbocycles. The van der Waals surface area contributed by atoms with Crippen molar-refractivity contribution < 1.29 is 18.1 Å². The number of rotatable bonds is 6. The standard InChI is InChI=1S/C22H27N5O5S/c1-16-6-4-8-21(23-16)24-22(28)17-7-5-11-25(15-17)19-10-9-18(27(29)30)14-20(19)33(31,32)26-12-2-3-13-26/h4,6,8-10,14,17H,2-3,5,7,11-13,15H2,1H3,(H,23,24,28). The van der Waals surface area contributed by atoms with Crippen molar-refractivity contribution in [2.75, 3.05) is 36.4 Å². The van der Waals surface area contributed by atoms with Crippen LogP contribution in [0.15, 0.2) is 41.3 Å². The van der Waals surface area contributed by atoms with Gasteiger partial charge in [0, 0.05) is 44.0 Å². The summed E-state index contributed by atoms with van der Waals surface area (Å²) in [6, 6.07) is 9.33. The molecule has 3 heterocycles. The van der Waals surface area contributed by atoms with Crippen LogP contribution < -0.4 is 10.2 Å². The zero-order valence-electron chi connectivity index (χ0n) is 18.4. The lowest BCUT2D eigenvalue weighted by molar-refractivity contribution is -0.385. The van der Waals surface area contributed by atoms with Crippen LogP contribution in [-0.2, 0) is 14.8 Å². The van der Waals surface area contributed by atoms with Crippen molar-refractivity contribution in [3.63, 3.8) is 0 Å². The fourth-order valence-corrected chi connectivity index (χ4v) is 6.15. The summed E-state index contributed by atoms with van der Waals surface area (Å²) in [6.07, 6.45) is 2.89. The summed E-state index contributed by atoms with van der Waals surface area (Å²) in [6.45, 7) is 3.53. The lowest BCUT2D eigenvalue weighted by Gasteiger charge is -2.35. The summed E-state index contributed by atoms with van der Waals surface area (Å²) < 4.78 is 28.1. The van der Waals surface area contributed by atoms with Crippen LogP contribution in [0.4, 0.5) is 17.2 Å². The highest BCUT2D eigenvalue weighted by molar-refractivity contribution is 7.89. The molecule has 10 nitrogen and oxygen atoms in total. The van der Waals surface area contributed by atoms with Gasteiger partial charge in [0.05, 0.1) is 16.5 Å². The van der Waals surface area contributed by atoms with Gasteiger partial charge in [0.15, 0.2) is 0 Å². The number of nitro benzene ring substituents is 1. The number of aromatic nitrogens is 1. The van der Waals surface area contributed by atoms with Crippen LogP contribution in [0.2, 0.25) is 0 Å². The van der Waals surface area contributed by atoms with Gasteiger partial charge in [-0.2, -0.15) is 4.31 Å². The molecule has 33 heavy (non-hydrogen) atoms. The van der Waals surface area contributed by atoms with Crippen molar-refractivity contribution in [1.82, 2.24) is 9.29 Å². The third-order valence-corrected chi connectivity index (χ3v) is 8.04. The number of nitrogens with one attached hydrogen (secondary N) is 1. The molecule has 0 bridgehead atoms. The SMILES string of the molecule is Cc1cccc(NC(=O)C2CCCN(c3ccc([N+](=O)[O-])cc3S(=O)(=O)N3CCCC3)C2)n1. The Kier molecular flexibility index (Phi) is 6.61. The van der Waals surface area contributed by atoms with Gasteiger partial charge in [0.25, 0.3) is 5.69 Å². The van der Waals surface area contributed by atoms with Crippen molar-refractivity contribution >= 4 is 33.1 Å². The van der Waals surface area contributed by atoms with Crippen molar-refractivity contribution in [2.24, 2.45) is 5.92 Å². The van der Waals surface area contributed by atoms with Crippen molar-refractivity contribution in [2.45, 2.75) is 37.5 Å². The quantitative estimate of drug-likeness (QED) is 0.505. The predicted octanol–water partition coefficient (Wildman–Crippen LogP) is 2.94. The Labute approximate surface area is 192 Å². The zero-order chi connectivity index (χ0) is 23.6. The minimum atomic E-state index is -3.89. The van der Waals surface area contributed by atoms with Crippen LogP contribution >= 0.6 is 0 Å². The number of pyridine rings is 1. The first-order chi connectivity index (χ1) is 15.8. The number of hydrogen-bond donors (Lipinski definition) is 1. The van der Waals surface area contributed by atoms with Crippen molar-refractivity contribution in [1.29, 1.82) is 0 Å². The third kappa shape index (κ3) is 4.98. The molecule has 2 aliphatic heterocycles. The van der Waals surface area contributed by atoms with Gasteiger partial charge in [-0.1, -0.05) is 6.07 Å². The highest BCUT2D eigenvalue weighted by Gasteiger charge is 2.34. The molecule has 176 valence electrons. The van der Waals surface area contributed by atoms with Crippen LogP contribution in [0, 0.1) is 23.0 Å². The maximum Gasteiger partial charge on any atom is 0.270 e. The van der Waals surface area contributed by atoms with E-state index in [1.165, 1.54) is 16.4 Å². The van der Waals surface area contributed by atoms with Gasteiger partial charge in [-0.15, -0.1) is 0 Å². The van der Waals surface area contributed by atoms with E-state index in [-0.39, 0.29) is 22.4 Å². The van der Waals surface area contributed by atoms with Crippen LogP contribution in [0.3, 0.4) is 0 Å². The average Bonchev–Trinajstić information content (AvgIpc) is 3.35. The topological polar surface area (TPSA) is 126 Å². The van der Waals surface area contributed by atoms with Gasteiger partial charge >= 0.3 is 0 Å². The Balaban J connectivity index is 1.61. The van der Waals surface area contributed by atoms with Gasteiger partial charge in [-0.05, 0) is 50.8 Å². The number of anilines is 2. The largest absolute Gasteiger partial charge is 0.370 e. The molecule has 1 unspecified atom stereocenters. The fourth-order valence-electron chi connectivity index (χ4n) is 4.40. The van der Waals surface area contributed by atoms with E-state index in [0.717, 1.165) is 24.6 Å². The van der Waals surface area contributed by atoms with E-state index in [1.807, 2.05) is 24.0 Å². The maximum atomic E-state index is 13.4. The second kappa shape index (κ2) is 9.44. The molecule has 4 rings (SSSR count). The van der Waals surface area contributed by atoms with Gasteiger partial charge in [0.2, 0.25) is 15.9 Å². The van der Waals surface area contributed by atoms with E-state index in [4.69, 9.17) is 0 Å². The second-order valence-electron chi connectivity index (χ2n) is 8.46. The highest BCUT2D eigenvalue weighted by atomic mass is 32.2. The Bertz CT molecular complexity index is 1160. The molecule has 11 heteroatoms. The third-order valence-electron chi connectivity index (χ3n) is 6.11. The van der Waals surface area contributed by atoms with Gasteiger partial charge in [-0.3, -0.25) is 14.9 Å². The summed E-state index contributed by atoms with van der Waals surface area (Å²) >= 11 is 0. The molecule has 2 aliphatic rings. The number of nitro groups is 1. The lowest BCUT2D eigenvalue weighted by atomic mass is 9.96. The van der Waals surface area contributed by atoms with Crippen LogP contribution in [-0.4, -0.2) is 54.7 Å². The summed E-state index contributed by atoms with van der Waals surface area (Å²) in [5.41, 5.74) is 0.924. The molecule has 2 fully saturated rings. The van der Waals surface area contributed by atoms with E-state index in [9.17, 15) is 23.3 Å². The molecular weight excluding hydrogens is 446 g/mol. The van der Waals surface area contributed by atoms with E-state index < -0.39 is 14.9 Å². The molecule has 0 spiro atoms. The smallest absolute Gasteiger partial charge is 0.270 e. The zero-order valence-corrected chi connectivity index (χ0v) is 19.3. The molecule has 1 atom stereocenters. The van der Waals surface area contributed by atoms with Gasteiger partial charge < -0.3 is 10.2 Å². The Hall–Kier alpha value is -3.05. The summed E-state index contributed by atoms with van der Waals surface area (Å²) in [4.78, 5) is 29.7. The normalized spacial score (nSPS) is 19.4. The number of non-ortho nitro benzene ring substituents is 1. The maximum absolute atomic E-state index is 13.4. The first-order valence-electron chi connectivity index (χ1n) is 11.0. The molecule has 0 aliphatic carbocycles. The Morgan fingerprint density at radius 2 is 1.91 bits per heavy atom. The van der Waals surface area contributed by atoms with E-state index in [2.05, 4.69) is 10.3 Å². The molecule has 1 N–H and O–H groups in total. The molecule has 0 radical (unpaired) electrons. The number of nitrogens with zero attached hydrogens (tertiary/aromatic N) is 4. The number of carbonyl (C=O) groups excluding carboxylic acids is 1. The summed E-state index contributed by atoms with van der Waals surface area (Å²) in [5, 5.41) is 14.2. The van der Waals surface area contributed by atoms with Crippen molar-refractivity contribution in [3.05, 3.63) is 52.2 Å². The molecule has 1 aromatic carbocycles. The predicted molar refractivity (Wildman–Crippen MR) is 124 cm³/mol. The number of hydrogen-bond acceptors (Lipinski definition) is 7. The minimum Gasteiger partial charge on any atom is -0.370 e. The number of amides is 1. The van der Waals surface area contributed by atoms with E-state index in [0.29, 0.717) is 50.5 Å². The first-order valence-corrected chi connectivity index (χ1v) is 12.5. The Morgan fingerprint density at radius 1 is 1.15 bits per heavy atom. The monoisotopic (exact) mass is 473 g/mol. The number of carbonyl (C=O) groups is 1. The Morgan fingerprint density at radius 3 is 2.61 bits per heavy atom. The summed E-state index contributed by atoms with van der Waals surface area (Å²) in [5.74, 6) is -0.0629. The number of benzene rings is 1. The van der Waals surface area contributed by atoms with Crippen LogP contribution in [0.5, 0.6) is 0 Å². The summed E-state index contributed by atoms with van der Waals surface area (Å²) in [7, 11) is -3.89.